The van der Waals surface area contributed by atoms with Gasteiger partial charge in [-0.1, -0.05) is 24.6 Å². The summed E-state index contributed by atoms with van der Waals surface area (Å²) in [5, 5.41) is 9.36. The van der Waals surface area contributed by atoms with Gasteiger partial charge in [-0.25, -0.2) is 8.42 Å². The average Bonchev–Trinajstić information content (AvgIpc) is 2.71. The molecule has 0 amide bonds. The molecule has 1 aromatic rings. The first kappa shape index (κ1) is 13.5. The van der Waals surface area contributed by atoms with Crippen molar-refractivity contribution in [2.24, 2.45) is 5.92 Å². The number of aryl methyl sites for hydroxylation is 1. The molecule has 2 rings (SSSR count). The molecule has 5 heteroatoms. The van der Waals surface area contributed by atoms with Crippen LogP contribution in [0, 0.1) is 12.8 Å². The van der Waals surface area contributed by atoms with Crippen LogP contribution in [0.25, 0.3) is 0 Å². The Balaban J connectivity index is 2.34. The van der Waals surface area contributed by atoms with E-state index in [1.165, 1.54) is 4.31 Å². The number of benzene rings is 1. The molecular weight excluding hydrogens is 250 g/mol. The third-order valence-electron chi connectivity index (χ3n) is 3.65. The molecule has 0 radical (unpaired) electrons. The highest BCUT2D eigenvalue weighted by atomic mass is 32.2. The standard InChI is InChI=1S/C13H19NO3S/c1-10-3-5-12(6-4-10)18(16,17)14-8-7-11(2)13(14)9-15/h3-6,11,13,15H,7-9H2,1-2H3/t11-,13-/m1/s1. The Hall–Kier alpha value is -0.910. The maximum Gasteiger partial charge on any atom is 0.243 e. The molecule has 1 aliphatic heterocycles. The molecular formula is C13H19NO3S. The van der Waals surface area contributed by atoms with Gasteiger partial charge >= 0.3 is 0 Å². The highest BCUT2D eigenvalue weighted by molar-refractivity contribution is 7.89. The first-order valence-electron chi connectivity index (χ1n) is 6.16. The molecule has 0 unspecified atom stereocenters. The van der Waals surface area contributed by atoms with Crippen molar-refractivity contribution in [2.45, 2.75) is 31.2 Å². The van der Waals surface area contributed by atoms with Gasteiger partial charge in [-0.05, 0) is 31.4 Å². The predicted molar refractivity (Wildman–Crippen MR) is 69.7 cm³/mol. The van der Waals surface area contributed by atoms with Gasteiger partial charge in [-0.3, -0.25) is 0 Å². The van der Waals surface area contributed by atoms with Gasteiger partial charge < -0.3 is 5.11 Å². The van der Waals surface area contributed by atoms with E-state index in [0.29, 0.717) is 11.4 Å². The Morgan fingerprint density at radius 2 is 1.94 bits per heavy atom. The van der Waals surface area contributed by atoms with Crippen molar-refractivity contribution < 1.29 is 13.5 Å². The lowest BCUT2D eigenvalue weighted by Crippen LogP contribution is -2.39. The Labute approximate surface area is 108 Å². The third kappa shape index (κ3) is 2.30. The number of aliphatic hydroxyl groups excluding tert-OH is 1. The lowest BCUT2D eigenvalue weighted by Gasteiger charge is -2.24. The van der Waals surface area contributed by atoms with Crippen LogP contribution in [0.2, 0.25) is 0 Å². The van der Waals surface area contributed by atoms with Crippen molar-refractivity contribution in [1.82, 2.24) is 4.31 Å². The second-order valence-corrected chi connectivity index (χ2v) is 6.84. The zero-order valence-corrected chi connectivity index (χ0v) is 11.5. The Morgan fingerprint density at radius 3 is 2.50 bits per heavy atom. The number of nitrogens with zero attached hydrogens (tertiary/aromatic N) is 1. The van der Waals surface area contributed by atoms with Crippen molar-refractivity contribution >= 4 is 10.0 Å². The summed E-state index contributed by atoms with van der Waals surface area (Å²) in [6.07, 6.45) is 0.802. The predicted octanol–water partition coefficient (Wildman–Crippen LogP) is 1.39. The minimum atomic E-state index is -3.48. The molecule has 0 aliphatic carbocycles. The molecule has 1 saturated heterocycles. The summed E-state index contributed by atoms with van der Waals surface area (Å²) < 4.78 is 26.4. The molecule has 2 atom stereocenters. The van der Waals surface area contributed by atoms with Crippen LogP contribution >= 0.6 is 0 Å². The van der Waals surface area contributed by atoms with E-state index >= 15 is 0 Å². The quantitative estimate of drug-likeness (QED) is 0.902. The van der Waals surface area contributed by atoms with Gasteiger partial charge in [-0.15, -0.1) is 0 Å². The summed E-state index contributed by atoms with van der Waals surface area (Å²) >= 11 is 0. The SMILES string of the molecule is Cc1ccc(S(=O)(=O)N2CC[C@@H](C)[C@H]2CO)cc1. The molecule has 1 heterocycles. The molecule has 18 heavy (non-hydrogen) atoms. The second-order valence-electron chi connectivity index (χ2n) is 4.94. The number of sulfonamides is 1. The van der Waals surface area contributed by atoms with Crippen LogP contribution in [0.5, 0.6) is 0 Å². The molecule has 1 fully saturated rings. The highest BCUT2D eigenvalue weighted by Crippen LogP contribution is 2.29. The number of hydrogen-bond donors (Lipinski definition) is 1. The first-order valence-corrected chi connectivity index (χ1v) is 7.60. The van der Waals surface area contributed by atoms with E-state index in [-0.39, 0.29) is 18.6 Å². The fourth-order valence-electron chi connectivity index (χ4n) is 2.39. The first-order chi connectivity index (χ1) is 8.46. The van der Waals surface area contributed by atoms with Gasteiger partial charge in [-0.2, -0.15) is 4.31 Å². The van der Waals surface area contributed by atoms with Gasteiger partial charge in [0.05, 0.1) is 17.5 Å². The zero-order chi connectivity index (χ0) is 13.3. The molecule has 1 aromatic carbocycles. The molecule has 4 nitrogen and oxygen atoms in total. The van der Waals surface area contributed by atoms with E-state index in [0.717, 1.165) is 12.0 Å². The van der Waals surface area contributed by atoms with Crippen molar-refractivity contribution in [2.75, 3.05) is 13.2 Å². The molecule has 0 bridgehead atoms. The van der Waals surface area contributed by atoms with E-state index in [2.05, 4.69) is 0 Å². The van der Waals surface area contributed by atoms with E-state index in [4.69, 9.17) is 0 Å². The Bertz CT molecular complexity index is 510. The van der Waals surface area contributed by atoms with Crippen molar-refractivity contribution in [3.05, 3.63) is 29.8 Å². The van der Waals surface area contributed by atoms with Gasteiger partial charge in [0.1, 0.15) is 0 Å². The smallest absolute Gasteiger partial charge is 0.243 e. The summed E-state index contributed by atoms with van der Waals surface area (Å²) in [6.45, 7) is 4.27. The van der Waals surface area contributed by atoms with Gasteiger partial charge in [0.15, 0.2) is 0 Å². The minimum absolute atomic E-state index is 0.119. The van der Waals surface area contributed by atoms with E-state index in [1.54, 1.807) is 24.3 Å². The number of rotatable bonds is 3. The van der Waals surface area contributed by atoms with Crippen LogP contribution in [0.1, 0.15) is 18.9 Å². The fraction of sp³-hybridized carbons (Fsp3) is 0.538. The lowest BCUT2D eigenvalue weighted by molar-refractivity contribution is 0.191. The van der Waals surface area contributed by atoms with Crippen LogP contribution in [-0.2, 0) is 10.0 Å². The molecule has 1 N–H and O–H groups in total. The maximum atomic E-state index is 12.5. The van der Waals surface area contributed by atoms with Crippen LogP contribution in [0.4, 0.5) is 0 Å². The number of aliphatic hydroxyl groups is 1. The molecule has 0 spiro atoms. The third-order valence-corrected chi connectivity index (χ3v) is 5.58. The lowest BCUT2D eigenvalue weighted by atomic mass is 10.0. The molecule has 0 saturated carbocycles. The van der Waals surface area contributed by atoms with Gasteiger partial charge in [0.25, 0.3) is 0 Å². The largest absolute Gasteiger partial charge is 0.395 e. The Morgan fingerprint density at radius 1 is 1.33 bits per heavy atom. The fourth-order valence-corrected chi connectivity index (χ4v) is 4.12. The van der Waals surface area contributed by atoms with Gasteiger partial charge in [0, 0.05) is 6.54 Å². The normalized spacial score (nSPS) is 25.5. The summed E-state index contributed by atoms with van der Waals surface area (Å²) in [7, 11) is -3.48. The summed E-state index contributed by atoms with van der Waals surface area (Å²) in [5.74, 6) is 0.204. The molecule has 0 aromatic heterocycles. The second kappa shape index (κ2) is 4.99. The summed E-state index contributed by atoms with van der Waals surface area (Å²) in [4.78, 5) is 0.306. The van der Waals surface area contributed by atoms with Crippen molar-refractivity contribution in [3.8, 4) is 0 Å². The monoisotopic (exact) mass is 269 g/mol. The maximum absolute atomic E-state index is 12.5. The average molecular weight is 269 g/mol. The van der Waals surface area contributed by atoms with E-state index in [9.17, 15) is 13.5 Å². The number of hydrogen-bond acceptors (Lipinski definition) is 3. The van der Waals surface area contributed by atoms with Crippen LogP contribution in [0.3, 0.4) is 0 Å². The van der Waals surface area contributed by atoms with Crippen LogP contribution in [0.15, 0.2) is 29.2 Å². The highest BCUT2D eigenvalue weighted by Gasteiger charge is 2.38. The van der Waals surface area contributed by atoms with Gasteiger partial charge in [0.2, 0.25) is 10.0 Å². The summed E-state index contributed by atoms with van der Waals surface area (Å²) in [5.41, 5.74) is 1.03. The van der Waals surface area contributed by atoms with Crippen LogP contribution in [-0.4, -0.2) is 37.0 Å². The topological polar surface area (TPSA) is 57.6 Å². The van der Waals surface area contributed by atoms with Crippen molar-refractivity contribution in [3.63, 3.8) is 0 Å². The molecule has 1 aliphatic rings. The van der Waals surface area contributed by atoms with E-state index in [1.807, 2.05) is 13.8 Å². The zero-order valence-electron chi connectivity index (χ0n) is 10.7. The Kier molecular flexibility index (Phi) is 3.75. The molecule has 100 valence electrons. The van der Waals surface area contributed by atoms with E-state index < -0.39 is 10.0 Å². The minimum Gasteiger partial charge on any atom is -0.395 e. The van der Waals surface area contributed by atoms with Crippen LogP contribution < -0.4 is 0 Å². The van der Waals surface area contributed by atoms with Crippen molar-refractivity contribution in [1.29, 1.82) is 0 Å². The summed E-state index contributed by atoms with van der Waals surface area (Å²) in [6, 6.07) is 6.54.